The van der Waals surface area contributed by atoms with Crippen molar-refractivity contribution in [1.29, 1.82) is 0 Å². The van der Waals surface area contributed by atoms with E-state index in [1.54, 1.807) is 0 Å². The van der Waals surface area contributed by atoms with Gasteiger partial charge in [0.1, 0.15) is 6.61 Å². The number of likely N-dealkylation sites (N-methyl/N-ethyl adjacent to an activating group) is 1. The van der Waals surface area contributed by atoms with Crippen LogP contribution in [0.4, 0.5) is 4.79 Å². The molecular weight excluding hydrogens is 238 g/mol. The van der Waals surface area contributed by atoms with Crippen molar-refractivity contribution in [3.63, 3.8) is 0 Å². The summed E-state index contributed by atoms with van der Waals surface area (Å²) in [6.45, 7) is 1.61. The molecule has 1 aliphatic carbocycles. The van der Waals surface area contributed by atoms with Gasteiger partial charge in [-0.3, -0.25) is 0 Å². The van der Waals surface area contributed by atoms with Gasteiger partial charge in [0.15, 0.2) is 0 Å². The molecule has 7 heteroatoms. The second-order valence-corrected chi connectivity index (χ2v) is 4.34. The third-order valence-electron chi connectivity index (χ3n) is 2.68. The molecule has 1 fully saturated rings. The lowest BCUT2D eigenvalue weighted by atomic mass is 10.5. The summed E-state index contributed by atoms with van der Waals surface area (Å²) in [6, 6.07) is 0.442. The van der Waals surface area contributed by atoms with E-state index in [0.717, 1.165) is 6.54 Å². The smallest absolute Gasteiger partial charge is 0.329 e. The molecule has 0 bridgehead atoms. The third-order valence-corrected chi connectivity index (χ3v) is 2.68. The summed E-state index contributed by atoms with van der Waals surface area (Å²) in [7, 11) is 2.05. The quantitative estimate of drug-likeness (QED) is 0.485. The van der Waals surface area contributed by atoms with E-state index >= 15 is 0 Å². The van der Waals surface area contributed by atoms with Gasteiger partial charge in [-0.15, -0.1) is 0 Å². The molecule has 0 heterocycles. The molecule has 1 aliphatic rings. The molecule has 0 unspecified atom stereocenters. The van der Waals surface area contributed by atoms with Crippen LogP contribution in [0.5, 0.6) is 0 Å². The first-order valence-corrected chi connectivity index (χ1v) is 6.11. The lowest BCUT2D eigenvalue weighted by Crippen LogP contribution is -2.41. The molecule has 0 spiro atoms. The summed E-state index contributed by atoms with van der Waals surface area (Å²) >= 11 is 0. The van der Waals surface area contributed by atoms with E-state index in [1.807, 2.05) is 0 Å². The Morgan fingerprint density at radius 2 is 2.00 bits per heavy atom. The molecule has 2 amide bonds. The van der Waals surface area contributed by atoms with Crippen LogP contribution in [0.3, 0.4) is 0 Å². The van der Waals surface area contributed by atoms with Crippen LogP contribution >= 0.6 is 0 Å². The molecule has 0 aromatic rings. The molecule has 0 radical (unpaired) electrons. The highest BCUT2D eigenvalue weighted by molar-refractivity contribution is 5.73. The van der Waals surface area contributed by atoms with Crippen LogP contribution in [0.15, 0.2) is 0 Å². The van der Waals surface area contributed by atoms with Gasteiger partial charge in [-0.2, -0.15) is 0 Å². The number of ether oxygens (including phenoxy) is 1. The summed E-state index contributed by atoms with van der Waals surface area (Å²) in [4.78, 5) is 23.7. The minimum Gasteiger partial charge on any atom is -0.480 e. The molecule has 0 aromatic carbocycles. The largest absolute Gasteiger partial charge is 0.480 e. The van der Waals surface area contributed by atoms with Gasteiger partial charge in [0.25, 0.3) is 0 Å². The standard InChI is InChI=1S/C11H21N3O4/c1-14(9-2-3-9)6-4-12-11(17)13-5-7-18-8-10(15)16/h9H,2-8H2,1H3,(H,15,16)(H2,12,13,17). The Bertz CT molecular complexity index is 281. The number of hydrogen-bond donors (Lipinski definition) is 3. The molecule has 0 saturated heterocycles. The second kappa shape index (κ2) is 7.88. The number of carboxylic acid groups (broad SMARTS) is 1. The number of carbonyl (C=O) groups excluding carboxylic acids is 1. The summed E-state index contributed by atoms with van der Waals surface area (Å²) in [5, 5.41) is 13.6. The van der Waals surface area contributed by atoms with Crippen LogP contribution in [0, 0.1) is 0 Å². The van der Waals surface area contributed by atoms with Crippen LogP contribution in [0.25, 0.3) is 0 Å². The van der Waals surface area contributed by atoms with Gasteiger partial charge in [-0.1, -0.05) is 0 Å². The van der Waals surface area contributed by atoms with Gasteiger partial charge in [-0.05, 0) is 19.9 Å². The Kier molecular flexibility index (Phi) is 6.45. The van der Waals surface area contributed by atoms with Crippen LogP contribution in [-0.2, 0) is 9.53 Å². The third kappa shape index (κ3) is 7.08. The van der Waals surface area contributed by atoms with Crippen LogP contribution in [-0.4, -0.2) is 67.9 Å². The molecule has 1 saturated carbocycles. The first-order valence-electron chi connectivity index (χ1n) is 6.11. The summed E-state index contributed by atoms with van der Waals surface area (Å²) in [5.41, 5.74) is 0. The number of hydrogen-bond acceptors (Lipinski definition) is 4. The van der Waals surface area contributed by atoms with Gasteiger partial charge < -0.3 is 25.4 Å². The number of nitrogens with one attached hydrogen (secondary N) is 2. The Labute approximate surface area is 106 Å². The number of rotatable bonds is 9. The van der Waals surface area contributed by atoms with Crippen molar-refractivity contribution in [3.05, 3.63) is 0 Å². The van der Waals surface area contributed by atoms with Crippen molar-refractivity contribution in [2.75, 3.05) is 39.9 Å². The fourth-order valence-corrected chi connectivity index (χ4v) is 1.50. The van der Waals surface area contributed by atoms with E-state index in [1.165, 1.54) is 12.8 Å². The molecule has 0 aliphatic heterocycles. The Morgan fingerprint density at radius 3 is 2.61 bits per heavy atom. The van der Waals surface area contributed by atoms with E-state index < -0.39 is 5.97 Å². The van der Waals surface area contributed by atoms with E-state index in [4.69, 9.17) is 9.84 Å². The zero-order valence-electron chi connectivity index (χ0n) is 10.6. The summed E-state index contributed by atoms with van der Waals surface area (Å²) < 4.78 is 4.78. The number of aliphatic carboxylic acids is 1. The van der Waals surface area contributed by atoms with Crippen LogP contribution in [0.2, 0.25) is 0 Å². The van der Waals surface area contributed by atoms with E-state index in [0.29, 0.717) is 19.1 Å². The first kappa shape index (κ1) is 14.7. The summed E-state index contributed by atoms with van der Waals surface area (Å²) in [5.74, 6) is -1.01. The summed E-state index contributed by atoms with van der Waals surface area (Å²) in [6.07, 6.45) is 2.51. The van der Waals surface area contributed by atoms with Gasteiger partial charge >= 0.3 is 12.0 Å². The van der Waals surface area contributed by atoms with Gasteiger partial charge in [0, 0.05) is 25.7 Å². The Balaban J connectivity index is 1.88. The number of amides is 2. The average Bonchev–Trinajstić information content (AvgIpc) is 3.11. The number of nitrogens with zero attached hydrogens (tertiary/aromatic N) is 1. The SMILES string of the molecule is CN(CCNC(=O)NCCOCC(=O)O)C1CC1. The van der Waals surface area contributed by atoms with Gasteiger partial charge in [0.05, 0.1) is 6.61 Å². The lowest BCUT2D eigenvalue weighted by molar-refractivity contribution is -0.142. The molecular formula is C11H21N3O4. The van der Waals surface area contributed by atoms with Gasteiger partial charge in [0.2, 0.25) is 0 Å². The lowest BCUT2D eigenvalue weighted by Gasteiger charge is -2.15. The molecule has 18 heavy (non-hydrogen) atoms. The van der Waals surface area contributed by atoms with Crippen LogP contribution in [0.1, 0.15) is 12.8 Å². The topological polar surface area (TPSA) is 90.9 Å². The minimum absolute atomic E-state index is 0.196. The maximum absolute atomic E-state index is 11.3. The fourth-order valence-electron chi connectivity index (χ4n) is 1.50. The molecule has 104 valence electrons. The Hall–Kier alpha value is -1.34. The zero-order chi connectivity index (χ0) is 13.4. The van der Waals surface area contributed by atoms with E-state index in [2.05, 4.69) is 22.6 Å². The molecule has 0 aromatic heterocycles. The molecule has 0 atom stereocenters. The normalized spacial score (nSPS) is 14.6. The number of carbonyl (C=O) groups is 2. The predicted molar refractivity (Wildman–Crippen MR) is 65.5 cm³/mol. The maximum atomic E-state index is 11.3. The van der Waals surface area contributed by atoms with E-state index in [-0.39, 0.29) is 19.2 Å². The molecule has 7 nitrogen and oxygen atoms in total. The highest BCUT2D eigenvalue weighted by Crippen LogP contribution is 2.24. The van der Waals surface area contributed by atoms with Crippen molar-refractivity contribution < 1.29 is 19.4 Å². The Morgan fingerprint density at radius 1 is 1.33 bits per heavy atom. The van der Waals surface area contributed by atoms with Crippen molar-refractivity contribution in [2.45, 2.75) is 18.9 Å². The van der Waals surface area contributed by atoms with Crippen molar-refractivity contribution in [3.8, 4) is 0 Å². The van der Waals surface area contributed by atoms with Crippen molar-refractivity contribution in [2.24, 2.45) is 0 Å². The highest BCUT2D eigenvalue weighted by Gasteiger charge is 2.25. The fraction of sp³-hybridized carbons (Fsp3) is 0.818. The second-order valence-electron chi connectivity index (χ2n) is 4.34. The predicted octanol–water partition coefficient (Wildman–Crippen LogP) is -0.519. The monoisotopic (exact) mass is 259 g/mol. The van der Waals surface area contributed by atoms with Crippen molar-refractivity contribution in [1.82, 2.24) is 15.5 Å². The van der Waals surface area contributed by atoms with Gasteiger partial charge in [-0.25, -0.2) is 9.59 Å². The van der Waals surface area contributed by atoms with E-state index in [9.17, 15) is 9.59 Å². The molecule has 3 N–H and O–H groups in total. The average molecular weight is 259 g/mol. The first-order chi connectivity index (χ1) is 8.59. The highest BCUT2D eigenvalue weighted by atomic mass is 16.5. The zero-order valence-corrected chi connectivity index (χ0v) is 10.6. The number of carboxylic acids is 1. The van der Waals surface area contributed by atoms with Crippen molar-refractivity contribution >= 4 is 12.0 Å². The molecule has 1 rings (SSSR count). The minimum atomic E-state index is -1.01. The van der Waals surface area contributed by atoms with Crippen LogP contribution < -0.4 is 10.6 Å². The number of urea groups is 1. The maximum Gasteiger partial charge on any atom is 0.329 e.